The van der Waals surface area contributed by atoms with Gasteiger partial charge in [0.1, 0.15) is 0 Å². The summed E-state index contributed by atoms with van der Waals surface area (Å²) >= 11 is 0. The molecule has 0 saturated carbocycles. The zero-order chi connectivity index (χ0) is 65.6. The molecule has 0 aliphatic rings. The zero-order valence-electron chi connectivity index (χ0n) is 59.1. The third-order valence-electron chi connectivity index (χ3n) is 14.2. The van der Waals surface area contributed by atoms with Crippen molar-refractivity contribution in [1.29, 1.82) is 0 Å². The Hall–Kier alpha value is -0.100. The van der Waals surface area contributed by atoms with E-state index in [1.165, 1.54) is 154 Å². The molecule has 0 aliphatic heterocycles. The van der Waals surface area contributed by atoms with Crippen LogP contribution in [0.2, 0.25) is 0 Å². The smallest absolute Gasteiger partial charge is 0.0701 e. The van der Waals surface area contributed by atoms with Crippen LogP contribution in [-0.2, 0) is 94.7 Å². The van der Waals surface area contributed by atoms with Crippen LogP contribution in [0.3, 0.4) is 0 Å². The van der Waals surface area contributed by atoms with Crippen molar-refractivity contribution in [2.75, 3.05) is 276 Å². The molecule has 0 rings (SSSR count). The highest BCUT2D eigenvalue weighted by molar-refractivity contribution is 8.76. The summed E-state index contributed by atoms with van der Waals surface area (Å²) in [5, 5.41) is 0. The Kier molecular flexibility index (Phi) is 90.8. The first-order valence-electron chi connectivity index (χ1n) is 36.7. The molecule has 0 amide bonds. The average Bonchev–Trinajstić information content (AvgIpc) is 3.57. The van der Waals surface area contributed by atoms with Crippen LogP contribution >= 0.6 is 21.6 Å². The summed E-state index contributed by atoms with van der Waals surface area (Å²) in [6.45, 7) is 27.0. The van der Waals surface area contributed by atoms with Gasteiger partial charge in [0.05, 0.1) is 251 Å². The second-order valence-corrected chi connectivity index (χ2v) is 25.1. The van der Waals surface area contributed by atoms with Crippen molar-refractivity contribution in [2.45, 2.75) is 181 Å². The molecule has 0 bridgehead atoms. The van der Waals surface area contributed by atoms with Gasteiger partial charge in [-0.05, 0) is 12.8 Å². The maximum absolute atomic E-state index is 5.71. The number of hydrogen-bond acceptors (Lipinski definition) is 22. The van der Waals surface area contributed by atoms with Crippen molar-refractivity contribution in [3.63, 3.8) is 0 Å². The highest BCUT2D eigenvalue weighted by Crippen LogP contribution is 2.20. The van der Waals surface area contributed by atoms with Gasteiger partial charge in [0, 0.05) is 24.7 Å². The zero-order valence-corrected chi connectivity index (χ0v) is 60.7. The van der Waals surface area contributed by atoms with Crippen LogP contribution in [0.15, 0.2) is 0 Å². The summed E-state index contributed by atoms with van der Waals surface area (Å²) in [4.78, 5) is 0. The molecule has 0 N–H and O–H groups in total. The molecule has 0 aromatic carbocycles. The number of rotatable bonds is 89. The lowest BCUT2D eigenvalue weighted by atomic mass is 10.0. The van der Waals surface area contributed by atoms with E-state index >= 15 is 0 Å². The van der Waals surface area contributed by atoms with E-state index < -0.39 is 0 Å². The molecule has 0 aliphatic carbocycles. The lowest BCUT2D eigenvalue weighted by Gasteiger charge is -2.09. The normalized spacial score (nSPS) is 11.8. The van der Waals surface area contributed by atoms with Gasteiger partial charge >= 0.3 is 0 Å². The summed E-state index contributed by atoms with van der Waals surface area (Å²) in [5.41, 5.74) is 0. The van der Waals surface area contributed by atoms with Crippen molar-refractivity contribution in [3.05, 3.63) is 0 Å². The minimum absolute atomic E-state index is 0.511. The van der Waals surface area contributed by atoms with Gasteiger partial charge in [0.15, 0.2) is 0 Å². The Balaban J connectivity index is 3.09. The van der Waals surface area contributed by atoms with Crippen molar-refractivity contribution in [1.82, 2.24) is 0 Å². The molecule has 92 heavy (non-hydrogen) atoms. The van der Waals surface area contributed by atoms with Crippen molar-refractivity contribution >= 4 is 21.6 Å². The molecule has 22 heteroatoms. The SMILES string of the molecule is CCCCCCCCCCCCCCCCOCCOCCOCCOCCOCCOCCOCCOCCOCCOCCSSCCOCCOCCOCCOCCOCCOCCOCCOCCOCCOCCCCCCCCCCCCCC. The predicted octanol–water partition coefficient (Wildman–Crippen LogP) is 12.9. The summed E-state index contributed by atoms with van der Waals surface area (Å²) in [6, 6.07) is 0. The van der Waals surface area contributed by atoms with Crippen LogP contribution in [0, 0.1) is 0 Å². The largest absolute Gasteiger partial charge is 0.379 e. The molecule has 0 atom stereocenters. The highest BCUT2D eigenvalue weighted by Gasteiger charge is 2.02. The van der Waals surface area contributed by atoms with E-state index in [2.05, 4.69) is 13.8 Å². The highest BCUT2D eigenvalue weighted by atomic mass is 33.1. The quantitative estimate of drug-likeness (QED) is 0.0413. The minimum Gasteiger partial charge on any atom is -0.379 e. The fourth-order valence-electron chi connectivity index (χ4n) is 8.91. The minimum atomic E-state index is 0.511. The van der Waals surface area contributed by atoms with Crippen LogP contribution in [0.4, 0.5) is 0 Å². The summed E-state index contributed by atoms with van der Waals surface area (Å²) in [6.07, 6.45) is 35.5. The number of unbranched alkanes of at least 4 members (excludes halogenated alkanes) is 24. The van der Waals surface area contributed by atoms with Gasteiger partial charge < -0.3 is 94.7 Å². The maximum Gasteiger partial charge on any atom is 0.0701 e. The van der Waals surface area contributed by atoms with E-state index in [1.54, 1.807) is 21.6 Å². The Morgan fingerprint density at radius 1 is 0.120 bits per heavy atom. The molecule has 20 nitrogen and oxygen atoms in total. The van der Waals surface area contributed by atoms with Gasteiger partial charge in [-0.1, -0.05) is 190 Å². The van der Waals surface area contributed by atoms with Gasteiger partial charge in [-0.15, -0.1) is 0 Å². The van der Waals surface area contributed by atoms with Gasteiger partial charge in [0.25, 0.3) is 0 Å². The standard InChI is InChI=1S/C70H142O20S2/c1-3-5-7-9-11-13-15-17-18-20-22-24-26-28-30-72-32-34-74-36-38-76-40-42-78-44-46-80-48-50-82-52-54-84-56-58-86-60-62-88-64-66-90-68-70-92-91-69-67-89-65-63-87-61-59-85-57-55-83-53-51-81-49-47-79-45-43-77-41-39-75-37-35-73-33-31-71-29-27-25-23-21-19-16-14-12-10-8-6-4-2/h3-70H2,1-2H3. The Labute approximate surface area is 570 Å². The van der Waals surface area contributed by atoms with Gasteiger partial charge in [-0.2, -0.15) is 0 Å². The fraction of sp³-hybridized carbons (Fsp3) is 1.00. The monoisotopic (exact) mass is 1370 g/mol. The van der Waals surface area contributed by atoms with Crippen LogP contribution in [0.1, 0.15) is 181 Å². The van der Waals surface area contributed by atoms with Crippen LogP contribution in [0.25, 0.3) is 0 Å². The maximum atomic E-state index is 5.71. The van der Waals surface area contributed by atoms with Crippen LogP contribution in [-0.4, -0.2) is 276 Å². The molecule has 0 radical (unpaired) electrons. The first-order chi connectivity index (χ1) is 45.9. The molecule has 0 spiro atoms. The Morgan fingerprint density at radius 3 is 0.370 bits per heavy atom. The first kappa shape index (κ1) is 91.9. The van der Waals surface area contributed by atoms with Gasteiger partial charge in [0.2, 0.25) is 0 Å². The van der Waals surface area contributed by atoms with E-state index in [0.717, 1.165) is 37.6 Å². The fourth-order valence-corrected chi connectivity index (χ4v) is 10.6. The third-order valence-corrected chi connectivity index (χ3v) is 16.5. The Morgan fingerprint density at radius 2 is 0.228 bits per heavy atom. The molecule has 0 saturated heterocycles. The second-order valence-electron chi connectivity index (χ2n) is 22.4. The number of ether oxygens (including phenoxy) is 20. The van der Waals surface area contributed by atoms with Gasteiger partial charge in [-0.25, -0.2) is 0 Å². The molecular formula is C70H142O20S2. The topological polar surface area (TPSA) is 185 Å². The number of hydrogen-bond donors (Lipinski definition) is 0. The lowest BCUT2D eigenvalue weighted by molar-refractivity contribution is -0.0262. The molecule has 0 heterocycles. The molecule has 0 aromatic heterocycles. The molecular weight excluding hydrogens is 1220 g/mol. The molecule has 0 aromatic rings. The van der Waals surface area contributed by atoms with E-state index in [9.17, 15) is 0 Å². The first-order valence-corrected chi connectivity index (χ1v) is 39.2. The van der Waals surface area contributed by atoms with Crippen molar-refractivity contribution in [2.24, 2.45) is 0 Å². The van der Waals surface area contributed by atoms with E-state index in [4.69, 9.17) is 94.7 Å². The summed E-state index contributed by atoms with van der Waals surface area (Å²) in [7, 11) is 3.56. The molecule has 0 unspecified atom stereocenters. The Bertz CT molecular complexity index is 1160. The lowest BCUT2D eigenvalue weighted by Crippen LogP contribution is -2.15. The van der Waals surface area contributed by atoms with Gasteiger partial charge in [-0.3, -0.25) is 0 Å². The van der Waals surface area contributed by atoms with Crippen molar-refractivity contribution in [3.8, 4) is 0 Å². The van der Waals surface area contributed by atoms with Crippen molar-refractivity contribution < 1.29 is 94.7 Å². The predicted molar refractivity (Wildman–Crippen MR) is 373 cm³/mol. The van der Waals surface area contributed by atoms with Crippen LogP contribution < -0.4 is 0 Å². The third kappa shape index (κ3) is 89.9. The van der Waals surface area contributed by atoms with Crippen LogP contribution in [0.5, 0.6) is 0 Å². The van der Waals surface area contributed by atoms with E-state index in [0.29, 0.717) is 251 Å². The summed E-state index contributed by atoms with van der Waals surface area (Å²) < 4.78 is 112. The molecule has 0 fully saturated rings. The average molecular weight is 1370 g/mol. The van der Waals surface area contributed by atoms with E-state index in [1.807, 2.05) is 0 Å². The van der Waals surface area contributed by atoms with E-state index in [-0.39, 0.29) is 0 Å². The second kappa shape index (κ2) is 90.9. The molecule has 554 valence electrons. The summed E-state index contributed by atoms with van der Waals surface area (Å²) in [5.74, 6) is 1.82.